The minimum atomic E-state index is 0.421. The smallest absolute Gasteiger partial charge is 0.119 e. The third-order valence-corrected chi connectivity index (χ3v) is 4.55. The van der Waals surface area contributed by atoms with Gasteiger partial charge in [0, 0.05) is 17.8 Å². The summed E-state index contributed by atoms with van der Waals surface area (Å²) in [4.78, 5) is 0. The molecule has 18 heavy (non-hydrogen) atoms. The van der Waals surface area contributed by atoms with Gasteiger partial charge >= 0.3 is 0 Å². The van der Waals surface area contributed by atoms with E-state index in [1.807, 2.05) is 6.92 Å². The van der Waals surface area contributed by atoms with Gasteiger partial charge in [-0.25, -0.2) is 0 Å². The van der Waals surface area contributed by atoms with Crippen LogP contribution in [0.15, 0.2) is 24.3 Å². The zero-order chi connectivity index (χ0) is 12.8. The average molecular weight is 265 g/mol. The van der Waals surface area contributed by atoms with Crippen LogP contribution in [0.25, 0.3) is 0 Å². The van der Waals surface area contributed by atoms with Crippen molar-refractivity contribution in [2.45, 2.75) is 38.8 Å². The van der Waals surface area contributed by atoms with E-state index in [0.717, 1.165) is 12.4 Å². The van der Waals surface area contributed by atoms with Gasteiger partial charge in [0.05, 0.1) is 6.61 Å². The maximum Gasteiger partial charge on any atom is 0.119 e. The Morgan fingerprint density at radius 2 is 2.17 bits per heavy atom. The number of hydrogen-bond acceptors (Lipinski definition) is 3. The first-order valence-corrected chi connectivity index (χ1v) is 8.01. The zero-order valence-electron chi connectivity index (χ0n) is 11.3. The Morgan fingerprint density at radius 1 is 1.39 bits per heavy atom. The lowest BCUT2D eigenvalue weighted by atomic mass is 10.1. The van der Waals surface area contributed by atoms with Gasteiger partial charge in [-0.2, -0.15) is 11.8 Å². The van der Waals surface area contributed by atoms with E-state index >= 15 is 0 Å². The molecule has 1 saturated heterocycles. The Balaban J connectivity index is 1.89. The van der Waals surface area contributed by atoms with E-state index < -0.39 is 0 Å². The maximum absolute atomic E-state index is 5.47. The third-order valence-electron chi connectivity index (χ3n) is 3.34. The first-order valence-electron chi connectivity index (χ1n) is 6.86. The number of nitrogens with one attached hydrogen (secondary N) is 1. The summed E-state index contributed by atoms with van der Waals surface area (Å²) in [5.41, 5.74) is 1.34. The highest BCUT2D eigenvalue weighted by molar-refractivity contribution is 7.99. The molecule has 1 heterocycles. The van der Waals surface area contributed by atoms with Crippen LogP contribution in [0, 0.1) is 0 Å². The molecule has 0 aliphatic carbocycles. The highest BCUT2D eigenvalue weighted by Crippen LogP contribution is 2.22. The van der Waals surface area contributed by atoms with Crippen LogP contribution in [0.1, 0.15) is 38.3 Å². The lowest BCUT2D eigenvalue weighted by molar-refractivity contribution is 0.340. The number of rotatable bonds is 5. The molecule has 0 saturated carbocycles. The molecule has 2 unspecified atom stereocenters. The van der Waals surface area contributed by atoms with Crippen molar-refractivity contribution in [3.05, 3.63) is 29.8 Å². The largest absolute Gasteiger partial charge is 0.494 e. The molecule has 2 rings (SSSR count). The quantitative estimate of drug-likeness (QED) is 0.878. The van der Waals surface area contributed by atoms with Crippen LogP contribution < -0.4 is 10.1 Å². The molecular formula is C15H23NOS. The van der Waals surface area contributed by atoms with Gasteiger partial charge in [0.25, 0.3) is 0 Å². The molecule has 0 aromatic heterocycles. The van der Waals surface area contributed by atoms with E-state index in [9.17, 15) is 0 Å². The summed E-state index contributed by atoms with van der Waals surface area (Å²) in [7, 11) is 0. The van der Waals surface area contributed by atoms with E-state index in [2.05, 4.69) is 48.3 Å². The third kappa shape index (κ3) is 3.92. The van der Waals surface area contributed by atoms with Crippen LogP contribution in [0.5, 0.6) is 5.75 Å². The lowest BCUT2D eigenvalue weighted by Gasteiger charge is -2.26. The van der Waals surface area contributed by atoms with Crippen molar-refractivity contribution in [3.63, 3.8) is 0 Å². The highest BCUT2D eigenvalue weighted by atomic mass is 32.2. The van der Waals surface area contributed by atoms with E-state index in [4.69, 9.17) is 4.74 Å². The molecular weight excluding hydrogens is 242 g/mol. The van der Waals surface area contributed by atoms with Crippen molar-refractivity contribution in [1.29, 1.82) is 0 Å². The van der Waals surface area contributed by atoms with Crippen LogP contribution in [0.4, 0.5) is 0 Å². The minimum Gasteiger partial charge on any atom is -0.494 e. The summed E-state index contributed by atoms with van der Waals surface area (Å²) in [6, 6.07) is 9.55. The molecule has 3 heteroatoms. The van der Waals surface area contributed by atoms with Gasteiger partial charge in [0.2, 0.25) is 0 Å². The van der Waals surface area contributed by atoms with Gasteiger partial charge in [-0.1, -0.05) is 12.1 Å². The van der Waals surface area contributed by atoms with E-state index in [0.29, 0.717) is 12.1 Å². The van der Waals surface area contributed by atoms with Gasteiger partial charge < -0.3 is 10.1 Å². The fourth-order valence-corrected chi connectivity index (χ4v) is 3.43. The summed E-state index contributed by atoms with van der Waals surface area (Å²) in [6.45, 7) is 4.99. The van der Waals surface area contributed by atoms with Crippen LogP contribution in [-0.2, 0) is 0 Å². The number of thioether (sulfide) groups is 1. The summed E-state index contributed by atoms with van der Waals surface area (Å²) in [5.74, 6) is 3.54. The molecule has 2 atom stereocenters. The Bertz CT molecular complexity index is 346. The Morgan fingerprint density at radius 3 is 2.78 bits per heavy atom. The normalized spacial score (nSPS) is 21.6. The predicted molar refractivity (Wildman–Crippen MR) is 79.5 cm³/mol. The van der Waals surface area contributed by atoms with Crippen molar-refractivity contribution in [3.8, 4) is 5.75 Å². The molecule has 1 aliphatic heterocycles. The summed E-state index contributed by atoms with van der Waals surface area (Å²) in [5, 5.41) is 3.72. The van der Waals surface area contributed by atoms with Crippen molar-refractivity contribution in [2.24, 2.45) is 0 Å². The summed E-state index contributed by atoms with van der Waals surface area (Å²) >= 11 is 2.07. The predicted octanol–water partition coefficient (Wildman–Crippen LogP) is 3.63. The van der Waals surface area contributed by atoms with Crippen molar-refractivity contribution >= 4 is 11.8 Å². The number of ether oxygens (including phenoxy) is 1. The molecule has 1 N–H and O–H groups in total. The monoisotopic (exact) mass is 265 g/mol. The minimum absolute atomic E-state index is 0.421. The van der Waals surface area contributed by atoms with E-state index in [1.54, 1.807) is 0 Å². The lowest BCUT2D eigenvalue weighted by Crippen LogP contribution is -2.35. The van der Waals surface area contributed by atoms with Crippen molar-refractivity contribution in [1.82, 2.24) is 5.32 Å². The van der Waals surface area contributed by atoms with E-state index in [1.165, 1.54) is 29.9 Å². The van der Waals surface area contributed by atoms with Crippen molar-refractivity contribution in [2.75, 3.05) is 18.1 Å². The first kappa shape index (κ1) is 13.8. The van der Waals surface area contributed by atoms with Gasteiger partial charge in [0.15, 0.2) is 0 Å². The Hall–Kier alpha value is -0.670. The molecule has 2 nitrogen and oxygen atoms in total. The average Bonchev–Trinajstić information content (AvgIpc) is 2.41. The topological polar surface area (TPSA) is 21.3 Å². The summed E-state index contributed by atoms with van der Waals surface area (Å²) in [6.07, 6.45) is 2.66. The van der Waals surface area contributed by atoms with Crippen LogP contribution in [0.3, 0.4) is 0 Å². The van der Waals surface area contributed by atoms with Gasteiger partial charge in [-0.15, -0.1) is 0 Å². The fourth-order valence-electron chi connectivity index (χ4n) is 2.34. The maximum atomic E-state index is 5.47. The molecule has 1 aliphatic rings. The molecule has 1 fully saturated rings. The molecule has 1 aromatic carbocycles. The van der Waals surface area contributed by atoms with Crippen molar-refractivity contribution < 1.29 is 4.74 Å². The fraction of sp³-hybridized carbons (Fsp3) is 0.600. The Kier molecular flexibility index (Phi) is 5.39. The highest BCUT2D eigenvalue weighted by Gasteiger charge is 2.16. The zero-order valence-corrected chi connectivity index (χ0v) is 12.1. The standard InChI is InChI=1S/C15H23NOS/c1-3-17-15-8-6-13(7-9-15)12(2)16-14-5-4-10-18-11-14/h6-9,12,14,16H,3-5,10-11H2,1-2H3. The Labute approximate surface area is 114 Å². The first-order chi connectivity index (χ1) is 8.79. The van der Waals surface area contributed by atoms with E-state index in [-0.39, 0.29) is 0 Å². The molecule has 0 amide bonds. The second-order valence-electron chi connectivity index (χ2n) is 4.80. The van der Waals surface area contributed by atoms with Gasteiger partial charge in [-0.3, -0.25) is 0 Å². The molecule has 0 spiro atoms. The number of hydrogen-bond donors (Lipinski definition) is 1. The van der Waals surface area contributed by atoms with Crippen LogP contribution >= 0.6 is 11.8 Å². The second-order valence-corrected chi connectivity index (χ2v) is 5.95. The van der Waals surface area contributed by atoms with Gasteiger partial charge in [-0.05, 0) is 50.1 Å². The van der Waals surface area contributed by atoms with Crippen LogP contribution in [-0.4, -0.2) is 24.2 Å². The SMILES string of the molecule is CCOc1ccc(C(C)NC2CCCSC2)cc1. The molecule has 100 valence electrons. The molecule has 1 aromatic rings. The van der Waals surface area contributed by atoms with Gasteiger partial charge in [0.1, 0.15) is 5.75 Å². The summed E-state index contributed by atoms with van der Waals surface area (Å²) < 4.78 is 5.47. The molecule has 0 bridgehead atoms. The van der Waals surface area contributed by atoms with Crippen LogP contribution in [0.2, 0.25) is 0 Å². The molecule has 0 radical (unpaired) electrons. The number of benzene rings is 1. The second kappa shape index (κ2) is 7.05.